The van der Waals surface area contributed by atoms with Crippen molar-refractivity contribution in [1.29, 1.82) is 0 Å². The predicted molar refractivity (Wildman–Crippen MR) is 81.1 cm³/mol. The normalized spacial score (nSPS) is 22.3. The van der Waals surface area contributed by atoms with Gasteiger partial charge in [-0.1, -0.05) is 19.1 Å². The Morgan fingerprint density at radius 2 is 2.15 bits per heavy atom. The Hall–Kier alpha value is -1.20. The number of benzene rings is 1. The molecular formula is C15H18BrN3O. The summed E-state index contributed by atoms with van der Waals surface area (Å²) in [5.74, 6) is 2.04. The van der Waals surface area contributed by atoms with Gasteiger partial charge in [-0.2, -0.15) is 0 Å². The van der Waals surface area contributed by atoms with Crippen molar-refractivity contribution < 1.29 is 4.42 Å². The van der Waals surface area contributed by atoms with Gasteiger partial charge in [-0.15, -0.1) is 10.2 Å². The highest BCUT2D eigenvalue weighted by Gasteiger charge is 2.21. The quantitative estimate of drug-likeness (QED) is 0.923. The van der Waals surface area contributed by atoms with E-state index in [0.717, 1.165) is 16.0 Å². The molecule has 0 spiro atoms. The van der Waals surface area contributed by atoms with Crippen LogP contribution in [0.4, 0.5) is 0 Å². The Morgan fingerprint density at radius 3 is 2.90 bits per heavy atom. The lowest BCUT2D eigenvalue weighted by atomic mass is 10.1. The minimum atomic E-state index is 0.564. The monoisotopic (exact) mass is 335 g/mol. The van der Waals surface area contributed by atoms with Gasteiger partial charge >= 0.3 is 0 Å². The topological polar surface area (TPSA) is 51.0 Å². The molecule has 1 aromatic carbocycles. The third-order valence-corrected chi connectivity index (χ3v) is 4.50. The van der Waals surface area contributed by atoms with Crippen LogP contribution in [-0.2, 0) is 6.54 Å². The maximum absolute atomic E-state index is 5.72. The summed E-state index contributed by atoms with van der Waals surface area (Å²) in [5, 5.41) is 11.7. The molecule has 2 aromatic rings. The van der Waals surface area contributed by atoms with E-state index in [0.29, 0.717) is 24.4 Å². The molecule has 5 heteroatoms. The Morgan fingerprint density at radius 1 is 1.30 bits per heavy atom. The smallest absolute Gasteiger partial charge is 0.248 e. The first-order valence-corrected chi connectivity index (χ1v) is 7.82. The number of hydrogen-bond donors (Lipinski definition) is 1. The van der Waals surface area contributed by atoms with E-state index in [9.17, 15) is 0 Å². The summed E-state index contributed by atoms with van der Waals surface area (Å²) < 4.78 is 6.69. The van der Waals surface area contributed by atoms with Gasteiger partial charge in [0.1, 0.15) is 0 Å². The van der Waals surface area contributed by atoms with E-state index in [1.54, 1.807) is 0 Å². The largest absolute Gasteiger partial charge is 0.419 e. The van der Waals surface area contributed by atoms with Crippen LogP contribution in [0.2, 0.25) is 0 Å². The van der Waals surface area contributed by atoms with Crippen molar-refractivity contribution in [2.75, 3.05) is 0 Å². The van der Waals surface area contributed by atoms with Crippen LogP contribution in [0.1, 0.15) is 32.1 Å². The molecular weight excluding hydrogens is 318 g/mol. The molecule has 1 aliphatic carbocycles. The van der Waals surface area contributed by atoms with Crippen LogP contribution in [0.25, 0.3) is 11.5 Å². The van der Waals surface area contributed by atoms with Gasteiger partial charge in [-0.25, -0.2) is 0 Å². The van der Waals surface area contributed by atoms with E-state index in [1.165, 1.54) is 19.3 Å². The summed E-state index contributed by atoms with van der Waals surface area (Å²) in [6.07, 6.45) is 3.79. The molecule has 1 N–H and O–H groups in total. The Kier molecular flexibility index (Phi) is 4.17. The zero-order valence-corrected chi connectivity index (χ0v) is 13.1. The molecule has 3 rings (SSSR count). The van der Waals surface area contributed by atoms with E-state index in [-0.39, 0.29) is 0 Å². The van der Waals surface area contributed by atoms with Gasteiger partial charge in [0.15, 0.2) is 0 Å². The first-order valence-electron chi connectivity index (χ1n) is 7.03. The molecule has 20 heavy (non-hydrogen) atoms. The van der Waals surface area contributed by atoms with Crippen molar-refractivity contribution in [3.05, 3.63) is 34.6 Å². The first kappa shape index (κ1) is 13.8. The first-order chi connectivity index (χ1) is 9.72. The highest BCUT2D eigenvalue weighted by molar-refractivity contribution is 9.10. The lowest BCUT2D eigenvalue weighted by Crippen LogP contribution is -2.25. The molecule has 4 nitrogen and oxygen atoms in total. The molecule has 0 amide bonds. The standard InChI is InChI=1S/C15H18BrN3O/c1-10-6-7-11(8-10)17-9-14-18-19-15(20-14)12-4-2-3-5-13(12)16/h2-5,10-11,17H,6-9H2,1H3. The SMILES string of the molecule is CC1CCC(NCc2nnc(-c3ccccc3Br)o2)C1. The van der Waals surface area contributed by atoms with E-state index in [2.05, 4.69) is 38.4 Å². The molecule has 0 aliphatic heterocycles. The van der Waals surface area contributed by atoms with Crippen molar-refractivity contribution >= 4 is 15.9 Å². The van der Waals surface area contributed by atoms with Crippen molar-refractivity contribution in [2.24, 2.45) is 5.92 Å². The van der Waals surface area contributed by atoms with Crippen LogP contribution >= 0.6 is 15.9 Å². The lowest BCUT2D eigenvalue weighted by Gasteiger charge is -2.09. The summed E-state index contributed by atoms with van der Waals surface area (Å²) in [7, 11) is 0. The molecule has 1 saturated carbocycles. The van der Waals surface area contributed by atoms with Gasteiger partial charge in [-0.05, 0) is 53.2 Å². The van der Waals surface area contributed by atoms with Gasteiger partial charge in [0.05, 0.1) is 12.1 Å². The van der Waals surface area contributed by atoms with Crippen LogP contribution < -0.4 is 5.32 Å². The van der Waals surface area contributed by atoms with E-state index in [1.807, 2.05) is 24.3 Å². The van der Waals surface area contributed by atoms with Crippen molar-refractivity contribution in [3.8, 4) is 11.5 Å². The van der Waals surface area contributed by atoms with E-state index < -0.39 is 0 Å². The van der Waals surface area contributed by atoms with Crippen LogP contribution in [0.15, 0.2) is 33.2 Å². The fraction of sp³-hybridized carbons (Fsp3) is 0.467. The lowest BCUT2D eigenvalue weighted by molar-refractivity contribution is 0.434. The third-order valence-electron chi connectivity index (χ3n) is 3.81. The van der Waals surface area contributed by atoms with Crippen molar-refractivity contribution in [2.45, 2.75) is 38.8 Å². The minimum Gasteiger partial charge on any atom is -0.419 e. The molecule has 0 radical (unpaired) electrons. The molecule has 1 aromatic heterocycles. The average molecular weight is 336 g/mol. The maximum Gasteiger partial charge on any atom is 0.248 e. The van der Waals surface area contributed by atoms with Gasteiger partial charge < -0.3 is 9.73 Å². The van der Waals surface area contributed by atoms with Crippen molar-refractivity contribution in [1.82, 2.24) is 15.5 Å². The summed E-state index contributed by atoms with van der Waals surface area (Å²) >= 11 is 3.50. The minimum absolute atomic E-state index is 0.564. The maximum atomic E-state index is 5.72. The van der Waals surface area contributed by atoms with Gasteiger partial charge in [-0.3, -0.25) is 0 Å². The van der Waals surface area contributed by atoms with Gasteiger partial charge in [0.2, 0.25) is 11.8 Å². The summed E-state index contributed by atoms with van der Waals surface area (Å²) in [4.78, 5) is 0. The second-order valence-corrected chi connectivity index (χ2v) is 6.33. The zero-order valence-electron chi connectivity index (χ0n) is 11.5. The molecule has 2 atom stereocenters. The van der Waals surface area contributed by atoms with Crippen LogP contribution in [-0.4, -0.2) is 16.2 Å². The summed E-state index contributed by atoms with van der Waals surface area (Å²) in [6, 6.07) is 8.45. The Labute approximate surface area is 127 Å². The Bertz CT molecular complexity index is 584. The number of nitrogens with zero attached hydrogens (tertiary/aromatic N) is 2. The summed E-state index contributed by atoms with van der Waals surface area (Å²) in [5.41, 5.74) is 0.931. The molecule has 106 valence electrons. The molecule has 1 fully saturated rings. The number of nitrogens with one attached hydrogen (secondary N) is 1. The fourth-order valence-electron chi connectivity index (χ4n) is 2.69. The molecule has 2 unspecified atom stereocenters. The molecule has 1 heterocycles. The number of aromatic nitrogens is 2. The van der Waals surface area contributed by atoms with Crippen LogP contribution in [0.5, 0.6) is 0 Å². The molecule has 1 aliphatic rings. The average Bonchev–Trinajstić information content (AvgIpc) is 3.06. The second-order valence-electron chi connectivity index (χ2n) is 5.48. The predicted octanol–water partition coefficient (Wildman–Crippen LogP) is 3.78. The van der Waals surface area contributed by atoms with Crippen LogP contribution in [0.3, 0.4) is 0 Å². The fourth-order valence-corrected chi connectivity index (χ4v) is 3.15. The van der Waals surface area contributed by atoms with E-state index in [4.69, 9.17) is 4.42 Å². The number of rotatable bonds is 4. The van der Waals surface area contributed by atoms with Gasteiger partial charge in [0.25, 0.3) is 0 Å². The number of halogens is 1. The van der Waals surface area contributed by atoms with Crippen molar-refractivity contribution in [3.63, 3.8) is 0 Å². The number of hydrogen-bond acceptors (Lipinski definition) is 4. The zero-order chi connectivity index (χ0) is 13.9. The Balaban J connectivity index is 1.64. The molecule has 0 saturated heterocycles. The molecule has 0 bridgehead atoms. The van der Waals surface area contributed by atoms with Gasteiger partial charge in [0, 0.05) is 10.5 Å². The van der Waals surface area contributed by atoms with Crippen LogP contribution in [0, 0.1) is 5.92 Å². The highest BCUT2D eigenvalue weighted by atomic mass is 79.9. The summed E-state index contributed by atoms with van der Waals surface area (Å²) in [6.45, 7) is 2.95. The third kappa shape index (κ3) is 3.10. The highest BCUT2D eigenvalue weighted by Crippen LogP contribution is 2.27. The second kappa shape index (κ2) is 6.06. The van der Waals surface area contributed by atoms with E-state index >= 15 is 0 Å².